The summed E-state index contributed by atoms with van der Waals surface area (Å²) in [6, 6.07) is 3.62. The minimum absolute atomic E-state index is 0.428. The summed E-state index contributed by atoms with van der Waals surface area (Å²) in [6.45, 7) is 5.55. The van der Waals surface area contributed by atoms with Crippen molar-refractivity contribution in [2.75, 3.05) is 0 Å². The fraction of sp³-hybridized carbons (Fsp3) is 0.364. The van der Waals surface area contributed by atoms with E-state index in [-0.39, 0.29) is 0 Å². The Kier molecular flexibility index (Phi) is 3.63. The van der Waals surface area contributed by atoms with Crippen molar-refractivity contribution < 1.29 is 4.42 Å². The van der Waals surface area contributed by atoms with Gasteiger partial charge in [-0.1, -0.05) is 0 Å². The molecule has 2 aromatic heterocycles. The first-order valence-corrected chi connectivity index (χ1v) is 6.22. The Morgan fingerprint density at radius 3 is 2.75 bits per heavy atom. The number of furan rings is 1. The Bertz CT molecular complexity index is 459. The van der Waals surface area contributed by atoms with Gasteiger partial charge in [-0.15, -0.1) is 11.3 Å². The van der Waals surface area contributed by atoms with Gasteiger partial charge < -0.3 is 9.73 Å². The van der Waals surface area contributed by atoms with Crippen molar-refractivity contribution in [1.29, 1.82) is 0 Å². The second kappa shape index (κ2) is 4.99. The molecule has 86 valence electrons. The van der Waals surface area contributed by atoms with E-state index in [1.54, 1.807) is 17.4 Å². The summed E-state index contributed by atoms with van der Waals surface area (Å²) in [4.78, 5) is 5.72. The van der Waals surface area contributed by atoms with Gasteiger partial charge in [0.15, 0.2) is 5.22 Å². The highest BCUT2D eigenvalue weighted by Crippen LogP contribution is 2.16. The summed E-state index contributed by atoms with van der Waals surface area (Å²) < 4.78 is 5.24. The zero-order chi connectivity index (χ0) is 11.5. The molecule has 0 saturated heterocycles. The zero-order valence-electron chi connectivity index (χ0n) is 9.21. The quantitative estimate of drug-likeness (QED) is 0.912. The Labute approximate surface area is 103 Å². The SMILES string of the molecule is Cc1nc(CNCc2ccc(Cl)o2)sc1C. The van der Waals surface area contributed by atoms with Crippen LogP contribution < -0.4 is 5.32 Å². The number of aromatic nitrogens is 1. The minimum atomic E-state index is 0.428. The Morgan fingerprint density at radius 2 is 2.19 bits per heavy atom. The molecular formula is C11H13ClN2OS. The van der Waals surface area contributed by atoms with E-state index in [2.05, 4.69) is 17.2 Å². The molecule has 3 nitrogen and oxygen atoms in total. The molecule has 0 saturated carbocycles. The molecule has 0 atom stereocenters. The van der Waals surface area contributed by atoms with Crippen molar-refractivity contribution in [3.63, 3.8) is 0 Å². The van der Waals surface area contributed by atoms with Gasteiger partial charge in [-0.3, -0.25) is 0 Å². The summed E-state index contributed by atoms with van der Waals surface area (Å²) in [6.07, 6.45) is 0. The van der Waals surface area contributed by atoms with Crippen LogP contribution in [0.25, 0.3) is 0 Å². The molecule has 0 aliphatic rings. The maximum atomic E-state index is 5.68. The average molecular weight is 257 g/mol. The van der Waals surface area contributed by atoms with Gasteiger partial charge in [0.25, 0.3) is 0 Å². The van der Waals surface area contributed by atoms with Gasteiger partial charge in [0, 0.05) is 11.4 Å². The van der Waals surface area contributed by atoms with Crippen molar-refractivity contribution in [3.05, 3.63) is 38.7 Å². The lowest BCUT2D eigenvalue weighted by atomic mass is 10.4. The first kappa shape index (κ1) is 11.6. The van der Waals surface area contributed by atoms with Crippen LogP contribution in [0.15, 0.2) is 16.5 Å². The van der Waals surface area contributed by atoms with Crippen LogP contribution in [-0.4, -0.2) is 4.98 Å². The summed E-state index contributed by atoms with van der Waals surface area (Å²) in [5, 5.41) is 4.80. The highest BCUT2D eigenvalue weighted by atomic mass is 35.5. The molecule has 1 N–H and O–H groups in total. The van der Waals surface area contributed by atoms with Crippen LogP contribution in [0.5, 0.6) is 0 Å². The lowest BCUT2D eigenvalue weighted by Crippen LogP contribution is -2.11. The minimum Gasteiger partial charge on any atom is -0.448 e. The van der Waals surface area contributed by atoms with Gasteiger partial charge in [-0.05, 0) is 37.6 Å². The molecule has 5 heteroatoms. The Hall–Kier alpha value is -0.840. The number of thiazole rings is 1. The van der Waals surface area contributed by atoms with Gasteiger partial charge in [0.1, 0.15) is 10.8 Å². The molecule has 16 heavy (non-hydrogen) atoms. The van der Waals surface area contributed by atoms with Gasteiger partial charge >= 0.3 is 0 Å². The van der Waals surface area contributed by atoms with E-state index >= 15 is 0 Å². The zero-order valence-corrected chi connectivity index (χ0v) is 10.8. The summed E-state index contributed by atoms with van der Waals surface area (Å²) in [5.41, 5.74) is 1.11. The molecule has 0 aliphatic carbocycles. The fourth-order valence-corrected chi connectivity index (χ4v) is 2.42. The highest BCUT2D eigenvalue weighted by Gasteiger charge is 2.04. The number of nitrogens with zero attached hydrogens (tertiary/aromatic N) is 1. The molecule has 0 radical (unpaired) electrons. The van der Waals surface area contributed by atoms with Crippen molar-refractivity contribution in [2.45, 2.75) is 26.9 Å². The summed E-state index contributed by atoms with van der Waals surface area (Å²) in [5.74, 6) is 0.843. The van der Waals surface area contributed by atoms with Gasteiger partial charge in [-0.2, -0.15) is 0 Å². The molecule has 0 fully saturated rings. The number of hydrogen-bond acceptors (Lipinski definition) is 4. The van der Waals surface area contributed by atoms with E-state index in [4.69, 9.17) is 16.0 Å². The molecular weight excluding hydrogens is 244 g/mol. The Morgan fingerprint density at radius 1 is 1.38 bits per heavy atom. The van der Waals surface area contributed by atoms with E-state index in [9.17, 15) is 0 Å². The summed E-state index contributed by atoms with van der Waals surface area (Å²) in [7, 11) is 0. The summed E-state index contributed by atoms with van der Waals surface area (Å²) >= 11 is 7.40. The third-order valence-corrected chi connectivity index (χ3v) is 3.55. The van der Waals surface area contributed by atoms with Crippen molar-refractivity contribution >= 4 is 22.9 Å². The third kappa shape index (κ3) is 2.84. The lowest BCUT2D eigenvalue weighted by molar-refractivity contribution is 0.484. The van der Waals surface area contributed by atoms with E-state index in [0.717, 1.165) is 23.0 Å². The largest absolute Gasteiger partial charge is 0.448 e. The maximum absolute atomic E-state index is 5.68. The van der Waals surface area contributed by atoms with Crippen molar-refractivity contribution in [1.82, 2.24) is 10.3 Å². The molecule has 2 aromatic rings. The number of nitrogens with one attached hydrogen (secondary N) is 1. The standard InChI is InChI=1S/C11H13ClN2OS/c1-7-8(2)16-11(14-7)6-13-5-9-3-4-10(12)15-9/h3-4,13H,5-6H2,1-2H3. The monoisotopic (exact) mass is 256 g/mol. The first-order chi connectivity index (χ1) is 7.65. The van der Waals surface area contributed by atoms with Gasteiger partial charge in [-0.25, -0.2) is 4.98 Å². The fourth-order valence-electron chi connectivity index (χ4n) is 1.35. The normalized spacial score (nSPS) is 10.9. The van der Waals surface area contributed by atoms with Crippen LogP contribution >= 0.6 is 22.9 Å². The number of hydrogen-bond donors (Lipinski definition) is 1. The molecule has 0 unspecified atom stereocenters. The molecule has 0 aromatic carbocycles. The van der Waals surface area contributed by atoms with Crippen molar-refractivity contribution in [2.24, 2.45) is 0 Å². The van der Waals surface area contributed by atoms with Crippen LogP contribution in [0, 0.1) is 13.8 Å². The van der Waals surface area contributed by atoms with E-state index < -0.39 is 0 Å². The molecule has 0 bridgehead atoms. The molecule has 2 heterocycles. The topological polar surface area (TPSA) is 38.1 Å². The van der Waals surface area contributed by atoms with Crippen LogP contribution in [0.2, 0.25) is 5.22 Å². The Balaban J connectivity index is 1.84. The number of halogens is 1. The van der Waals surface area contributed by atoms with E-state index in [1.165, 1.54) is 4.88 Å². The van der Waals surface area contributed by atoms with Gasteiger partial charge in [0.2, 0.25) is 0 Å². The predicted molar refractivity (Wildman–Crippen MR) is 65.8 cm³/mol. The maximum Gasteiger partial charge on any atom is 0.193 e. The highest BCUT2D eigenvalue weighted by molar-refractivity contribution is 7.11. The molecule has 0 amide bonds. The van der Waals surface area contributed by atoms with E-state index in [1.807, 2.05) is 13.0 Å². The third-order valence-electron chi connectivity index (χ3n) is 2.28. The molecule has 0 aliphatic heterocycles. The first-order valence-electron chi connectivity index (χ1n) is 5.03. The van der Waals surface area contributed by atoms with E-state index in [0.29, 0.717) is 11.8 Å². The van der Waals surface area contributed by atoms with Crippen LogP contribution in [0.4, 0.5) is 0 Å². The second-order valence-corrected chi connectivity index (χ2v) is 5.22. The van der Waals surface area contributed by atoms with Crippen LogP contribution in [0.3, 0.4) is 0 Å². The molecule has 0 spiro atoms. The van der Waals surface area contributed by atoms with Crippen LogP contribution in [0.1, 0.15) is 21.3 Å². The predicted octanol–water partition coefficient (Wildman–Crippen LogP) is 3.30. The number of aryl methyl sites for hydroxylation is 2. The second-order valence-electron chi connectivity index (χ2n) is 3.56. The average Bonchev–Trinajstić information content (AvgIpc) is 2.75. The smallest absolute Gasteiger partial charge is 0.193 e. The van der Waals surface area contributed by atoms with Crippen LogP contribution in [-0.2, 0) is 13.1 Å². The van der Waals surface area contributed by atoms with Gasteiger partial charge in [0.05, 0.1) is 12.2 Å². The number of rotatable bonds is 4. The lowest BCUT2D eigenvalue weighted by Gasteiger charge is -1.98. The molecule has 2 rings (SSSR count). The van der Waals surface area contributed by atoms with Crippen molar-refractivity contribution in [3.8, 4) is 0 Å².